The van der Waals surface area contributed by atoms with Crippen LogP contribution in [0.5, 0.6) is 0 Å². The van der Waals surface area contributed by atoms with Crippen molar-refractivity contribution in [2.24, 2.45) is 11.8 Å². The summed E-state index contributed by atoms with van der Waals surface area (Å²) < 4.78 is 6.88. The van der Waals surface area contributed by atoms with Gasteiger partial charge in [-0.05, 0) is 58.8 Å². The molecule has 1 spiro atoms. The van der Waals surface area contributed by atoms with E-state index in [1.165, 1.54) is 0 Å². The third kappa shape index (κ3) is 4.99. The van der Waals surface area contributed by atoms with Gasteiger partial charge in [0.2, 0.25) is 17.7 Å². The van der Waals surface area contributed by atoms with Crippen molar-refractivity contribution in [1.82, 2.24) is 14.7 Å². The average molecular weight is 518 g/mol. The first-order valence-electron chi connectivity index (χ1n) is 14.1. The Bertz CT molecular complexity index is 876. The summed E-state index contributed by atoms with van der Waals surface area (Å²) in [5.74, 6) is -1.64. The summed E-state index contributed by atoms with van der Waals surface area (Å²) in [5, 5.41) is 9.23. The van der Waals surface area contributed by atoms with Crippen LogP contribution in [0.4, 0.5) is 0 Å². The van der Waals surface area contributed by atoms with E-state index in [1.807, 2.05) is 27.7 Å². The monoisotopic (exact) mass is 517 g/mol. The standard InChI is InChI=1S/C29H47N3O5/c1-7-16-30(17-8-2)25(34)22-23-26(35)32(19-12-11-13-20-33)24(27(36)31(18-9-3)21(5)6)29(23)15-14-28(22,10-4)37-29/h7,9,21-24,33H,1,3,8,10-20H2,2,4-6H3/t22-,23+,24?,28+,29?/m1/s1. The number of likely N-dealkylation sites (tertiary alicyclic amines) is 1. The molecule has 0 radical (unpaired) electrons. The molecule has 0 aromatic heterocycles. The maximum Gasteiger partial charge on any atom is 0.248 e. The lowest BCUT2D eigenvalue weighted by Crippen LogP contribution is -2.57. The van der Waals surface area contributed by atoms with Crippen LogP contribution in [0.2, 0.25) is 0 Å². The highest BCUT2D eigenvalue weighted by atomic mass is 16.5. The number of hydrogen-bond donors (Lipinski definition) is 1. The van der Waals surface area contributed by atoms with Crippen LogP contribution in [-0.2, 0) is 19.1 Å². The minimum Gasteiger partial charge on any atom is -0.396 e. The van der Waals surface area contributed by atoms with E-state index in [0.717, 1.165) is 12.8 Å². The van der Waals surface area contributed by atoms with E-state index < -0.39 is 29.1 Å². The Labute approximate surface area is 222 Å². The van der Waals surface area contributed by atoms with Crippen LogP contribution >= 0.6 is 0 Å². The van der Waals surface area contributed by atoms with E-state index in [9.17, 15) is 19.5 Å². The Morgan fingerprint density at radius 3 is 2.41 bits per heavy atom. The molecule has 0 aromatic carbocycles. The Hall–Kier alpha value is -2.19. The second-order valence-corrected chi connectivity index (χ2v) is 11.1. The van der Waals surface area contributed by atoms with Crippen LogP contribution in [0.1, 0.15) is 72.6 Å². The lowest BCUT2D eigenvalue weighted by molar-refractivity contribution is -0.155. The van der Waals surface area contributed by atoms with Crippen LogP contribution in [0, 0.1) is 11.8 Å². The van der Waals surface area contributed by atoms with E-state index in [4.69, 9.17) is 4.74 Å². The Kier molecular flexibility index (Phi) is 9.62. The number of carbonyl (C=O) groups excluding carboxylic acids is 3. The topological polar surface area (TPSA) is 90.4 Å². The number of aliphatic hydroxyl groups excluding tert-OH is 1. The van der Waals surface area contributed by atoms with Gasteiger partial charge >= 0.3 is 0 Å². The number of carbonyl (C=O) groups is 3. The van der Waals surface area contributed by atoms with Gasteiger partial charge in [-0.3, -0.25) is 14.4 Å². The van der Waals surface area contributed by atoms with E-state index >= 15 is 0 Å². The first-order chi connectivity index (χ1) is 17.7. The van der Waals surface area contributed by atoms with Gasteiger partial charge in [0.25, 0.3) is 0 Å². The van der Waals surface area contributed by atoms with Crippen molar-refractivity contribution in [2.45, 2.75) is 95.9 Å². The van der Waals surface area contributed by atoms with Crippen molar-refractivity contribution < 1.29 is 24.2 Å². The van der Waals surface area contributed by atoms with Crippen LogP contribution in [-0.4, -0.2) is 93.6 Å². The summed E-state index contributed by atoms with van der Waals surface area (Å²) in [6.45, 7) is 17.5. The summed E-state index contributed by atoms with van der Waals surface area (Å²) >= 11 is 0. The van der Waals surface area contributed by atoms with E-state index in [1.54, 1.807) is 26.9 Å². The van der Waals surface area contributed by atoms with Crippen molar-refractivity contribution in [2.75, 3.05) is 32.8 Å². The molecule has 3 aliphatic heterocycles. The predicted octanol–water partition coefficient (Wildman–Crippen LogP) is 3.15. The smallest absolute Gasteiger partial charge is 0.248 e. The quantitative estimate of drug-likeness (QED) is 0.266. The van der Waals surface area contributed by atoms with Crippen molar-refractivity contribution >= 4 is 17.7 Å². The highest BCUT2D eigenvalue weighted by Gasteiger charge is 2.79. The van der Waals surface area contributed by atoms with Gasteiger partial charge in [-0.2, -0.15) is 0 Å². The molecule has 2 unspecified atom stereocenters. The van der Waals surface area contributed by atoms with E-state index in [0.29, 0.717) is 58.3 Å². The van der Waals surface area contributed by atoms with Gasteiger partial charge in [-0.25, -0.2) is 0 Å². The predicted molar refractivity (Wildman–Crippen MR) is 144 cm³/mol. The van der Waals surface area contributed by atoms with Gasteiger partial charge in [0.1, 0.15) is 11.6 Å². The number of unbranched alkanes of at least 4 members (excludes halogenated alkanes) is 2. The van der Waals surface area contributed by atoms with Gasteiger partial charge in [0.15, 0.2) is 0 Å². The molecular weight excluding hydrogens is 470 g/mol. The van der Waals surface area contributed by atoms with Gasteiger partial charge in [0, 0.05) is 38.8 Å². The second kappa shape index (κ2) is 12.1. The van der Waals surface area contributed by atoms with Crippen molar-refractivity contribution in [3.8, 4) is 0 Å². The van der Waals surface area contributed by atoms with Crippen LogP contribution in [0.25, 0.3) is 0 Å². The van der Waals surface area contributed by atoms with Crippen LogP contribution in [0.15, 0.2) is 25.3 Å². The molecule has 0 aromatic rings. The lowest BCUT2D eigenvalue weighted by Gasteiger charge is -2.38. The molecular formula is C29H47N3O5. The fourth-order valence-corrected chi connectivity index (χ4v) is 6.95. The largest absolute Gasteiger partial charge is 0.396 e. The summed E-state index contributed by atoms with van der Waals surface area (Å²) in [6, 6.07) is -0.845. The van der Waals surface area contributed by atoms with Crippen molar-refractivity contribution in [3.63, 3.8) is 0 Å². The molecule has 3 rings (SSSR count). The first-order valence-corrected chi connectivity index (χ1v) is 14.1. The molecule has 5 atom stereocenters. The van der Waals surface area contributed by atoms with Crippen molar-refractivity contribution in [3.05, 3.63) is 25.3 Å². The Morgan fingerprint density at radius 1 is 1.14 bits per heavy atom. The molecule has 3 fully saturated rings. The first kappa shape index (κ1) is 29.4. The molecule has 2 bridgehead atoms. The summed E-state index contributed by atoms with van der Waals surface area (Å²) in [5.41, 5.74) is -1.75. The number of hydrogen-bond acceptors (Lipinski definition) is 5. The molecule has 1 N–H and O–H groups in total. The Balaban J connectivity index is 2.08. The molecule has 3 saturated heterocycles. The molecule has 8 heteroatoms. The number of fused-ring (bicyclic) bond motifs is 1. The van der Waals surface area contributed by atoms with Gasteiger partial charge in [-0.1, -0.05) is 26.0 Å². The zero-order valence-electron chi connectivity index (χ0n) is 23.3. The molecule has 0 aliphatic carbocycles. The molecule has 8 nitrogen and oxygen atoms in total. The van der Waals surface area contributed by atoms with Crippen molar-refractivity contribution in [1.29, 1.82) is 0 Å². The molecule has 3 heterocycles. The minimum absolute atomic E-state index is 0.0661. The zero-order valence-corrected chi connectivity index (χ0v) is 23.3. The van der Waals surface area contributed by atoms with Gasteiger partial charge in [-0.15, -0.1) is 13.2 Å². The maximum atomic E-state index is 14.2. The number of ether oxygens (including phenoxy) is 1. The minimum atomic E-state index is -1.01. The molecule has 3 amide bonds. The SMILES string of the molecule is C=CCN(CCC)C(=O)[C@H]1[C@H]2C(=O)N(CCCCCO)C(C(=O)N(CC=C)C(C)C)C23CC[C@]1(CC)O3. The molecule has 37 heavy (non-hydrogen) atoms. The zero-order chi connectivity index (χ0) is 27.4. The summed E-state index contributed by atoms with van der Waals surface area (Å²) in [6.07, 6.45) is 8.17. The van der Waals surface area contributed by atoms with E-state index in [2.05, 4.69) is 13.2 Å². The maximum absolute atomic E-state index is 14.2. The lowest BCUT2D eigenvalue weighted by atomic mass is 9.64. The third-order valence-corrected chi connectivity index (χ3v) is 8.62. The molecule has 208 valence electrons. The van der Waals surface area contributed by atoms with Crippen LogP contribution in [0.3, 0.4) is 0 Å². The second-order valence-electron chi connectivity index (χ2n) is 11.1. The number of amides is 3. The number of rotatable bonds is 15. The number of nitrogens with zero attached hydrogens (tertiary/aromatic N) is 3. The fourth-order valence-electron chi connectivity index (χ4n) is 6.95. The Morgan fingerprint density at radius 2 is 1.84 bits per heavy atom. The fraction of sp³-hybridized carbons (Fsp3) is 0.759. The van der Waals surface area contributed by atoms with Gasteiger partial charge in [0.05, 0.1) is 17.4 Å². The average Bonchev–Trinajstić information content (AvgIpc) is 3.47. The normalized spacial score (nSPS) is 30.1. The summed E-state index contributed by atoms with van der Waals surface area (Å²) in [7, 11) is 0. The summed E-state index contributed by atoms with van der Waals surface area (Å²) in [4.78, 5) is 47.8. The van der Waals surface area contributed by atoms with Crippen LogP contribution < -0.4 is 0 Å². The van der Waals surface area contributed by atoms with E-state index in [-0.39, 0.29) is 30.4 Å². The van der Waals surface area contributed by atoms with Gasteiger partial charge < -0.3 is 24.5 Å². The molecule has 3 aliphatic rings. The third-order valence-electron chi connectivity index (χ3n) is 8.62. The number of aliphatic hydroxyl groups is 1. The highest BCUT2D eigenvalue weighted by molar-refractivity contribution is 5.99. The molecule has 0 saturated carbocycles. The highest BCUT2D eigenvalue weighted by Crippen LogP contribution is 2.64.